The summed E-state index contributed by atoms with van der Waals surface area (Å²) in [5.41, 5.74) is 0.323. The minimum absolute atomic E-state index is 0.307. The molecule has 0 radical (unpaired) electrons. The number of carboxylic acids is 1. The third-order valence-electron chi connectivity index (χ3n) is 3.36. The van der Waals surface area contributed by atoms with Gasteiger partial charge in [0, 0.05) is 12.1 Å². The zero-order valence-corrected chi connectivity index (χ0v) is 9.90. The number of piperidine rings is 1. The largest absolute Gasteiger partial charge is 0.481 e. The highest BCUT2D eigenvalue weighted by atomic mass is 19.2. The van der Waals surface area contributed by atoms with Crippen LogP contribution in [0.2, 0.25) is 0 Å². The standard InChI is InChI=1S/C13H15F2NO2/c14-11-3-1-2-10(12(11)15)8-16-6-4-9(5-7-16)13(17)18/h1-3,9H,4-8H2,(H,17,18). The molecule has 5 heteroatoms. The molecule has 0 bridgehead atoms. The third kappa shape index (κ3) is 2.85. The van der Waals surface area contributed by atoms with Gasteiger partial charge in [-0.15, -0.1) is 0 Å². The first kappa shape index (κ1) is 13.0. The molecule has 0 atom stereocenters. The van der Waals surface area contributed by atoms with Crippen molar-refractivity contribution in [1.82, 2.24) is 4.90 Å². The number of halogens is 2. The molecule has 1 aliphatic heterocycles. The van der Waals surface area contributed by atoms with Gasteiger partial charge in [-0.3, -0.25) is 9.69 Å². The summed E-state index contributed by atoms with van der Waals surface area (Å²) < 4.78 is 26.5. The molecule has 1 aromatic rings. The van der Waals surface area contributed by atoms with Crippen molar-refractivity contribution < 1.29 is 18.7 Å². The van der Waals surface area contributed by atoms with E-state index in [9.17, 15) is 13.6 Å². The van der Waals surface area contributed by atoms with E-state index in [2.05, 4.69) is 0 Å². The fourth-order valence-corrected chi connectivity index (χ4v) is 2.25. The first-order valence-corrected chi connectivity index (χ1v) is 5.96. The number of benzene rings is 1. The van der Waals surface area contributed by atoms with Crippen LogP contribution in [0.25, 0.3) is 0 Å². The van der Waals surface area contributed by atoms with E-state index in [0.29, 0.717) is 38.0 Å². The van der Waals surface area contributed by atoms with Crippen LogP contribution in [0.1, 0.15) is 18.4 Å². The van der Waals surface area contributed by atoms with E-state index in [-0.39, 0.29) is 5.92 Å². The van der Waals surface area contributed by atoms with Gasteiger partial charge >= 0.3 is 5.97 Å². The molecular weight excluding hydrogens is 240 g/mol. The summed E-state index contributed by atoms with van der Waals surface area (Å²) >= 11 is 0. The molecular formula is C13H15F2NO2. The maximum atomic E-state index is 13.5. The molecule has 2 rings (SSSR count). The fraction of sp³-hybridized carbons (Fsp3) is 0.462. The van der Waals surface area contributed by atoms with E-state index < -0.39 is 17.6 Å². The van der Waals surface area contributed by atoms with Crippen molar-refractivity contribution in [1.29, 1.82) is 0 Å². The number of hydrogen-bond acceptors (Lipinski definition) is 2. The lowest BCUT2D eigenvalue weighted by molar-refractivity contribution is -0.143. The molecule has 18 heavy (non-hydrogen) atoms. The van der Waals surface area contributed by atoms with Crippen molar-refractivity contribution in [3.63, 3.8) is 0 Å². The Kier molecular flexibility index (Phi) is 3.91. The molecule has 1 aromatic carbocycles. The number of carbonyl (C=O) groups is 1. The molecule has 1 aliphatic rings. The minimum atomic E-state index is -0.840. The average molecular weight is 255 g/mol. The second kappa shape index (κ2) is 5.44. The van der Waals surface area contributed by atoms with Crippen LogP contribution in [0.5, 0.6) is 0 Å². The van der Waals surface area contributed by atoms with Gasteiger partial charge in [0.2, 0.25) is 0 Å². The summed E-state index contributed by atoms with van der Waals surface area (Å²) in [6, 6.07) is 4.13. The molecule has 1 saturated heterocycles. The van der Waals surface area contributed by atoms with E-state index in [4.69, 9.17) is 5.11 Å². The lowest BCUT2D eigenvalue weighted by Gasteiger charge is -2.30. The van der Waals surface area contributed by atoms with Crippen molar-refractivity contribution in [3.8, 4) is 0 Å². The van der Waals surface area contributed by atoms with E-state index in [1.54, 1.807) is 6.07 Å². The van der Waals surface area contributed by atoms with Gasteiger partial charge in [0.1, 0.15) is 0 Å². The highest BCUT2D eigenvalue weighted by Gasteiger charge is 2.24. The van der Waals surface area contributed by atoms with Gasteiger partial charge in [-0.05, 0) is 32.0 Å². The highest BCUT2D eigenvalue weighted by Crippen LogP contribution is 2.20. The van der Waals surface area contributed by atoms with Gasteiger partial charge in [0.05, 0.1) is 5.92 Å². The van der Waals surface area contributed by atoms with E-state index in [1.165, 1.54) is 6.07 Å². The first-order valence-electron chi connectivity index (χ1n) is 5.96. The molecule has 98 valence electrons. The monoisotopic (exact) mass is 255 g/mol. The Balaban J connectivity index is 1.96. The van der Waals surface area contributed by atoms with Crippen LogP contribution in [0.3, 0.4) is 0 Å². The second-order valence-electron chi connectivity index (χ2n) is 4.60. The van der Waals surface area contributed by atoms with Crippen LogP contribution >= 0.6 is 0 Å². The van der Waals surface area contributed by atoms with Crippen molar-refractivity contribution in [2.75, 3.05) is 13.1 Å². The van der Waals surface area contributed by atoms with E-state index >= 15 is 0 Å². The van der Waals surface area contributed by atoms with Gasteiger partial charge in [-0.1, -0.05) is 12.1 Å². The van der Waals surface area contributed by atoms with Crippen molar-refractivity contribution in [2.24, 2.45) is 5.92 Å². The molecule has 0 amide bonds. The molecule has 3 nitrogen and oxygen atoms in total. The number of aliphatic carboxylic acids is 1. The summed E-state index contributed by atoms with van der Waals surface area (Å²) in [4.78, 5) is 12.7. The van der Waals surface area contributed by atoms with Crippen LogP contribution in [0, 0.1) is 17.6 Å². The van der Waals surface area contributed by atoms with Crippen LogP contribution in [-0.2, 0) is 11.3 Å². The Hall–Kier alpha value is -1.49. The van der Waals surface area contributed by atoms with Crippen LogP contribution in [-0.4, -0.2) is 29.1 Å². The predicted molar refractivity (Wildman–Crippen MR) is 62.0 cm³/mol. The quantitative estimate of drug-likeness (QED) is 0.900. The average Bonchev–Trinajstić information content (AvgIpc) is 2.36. The molecule has 0 saturated carbocycles. The zero-order chi connectivity index (χ0) is 13.1. The van der Waals surface area contributed by atoms with Crippen LogP contribution in [0.15, 0.2) is 18.2 Å². The lowest BCUT2D eigenvalue weighted by Crippen LogP contribution is -2.36. The Morgan fingerprint density at radius 1 is 1.33 bits per heavy atom. The maximum absolute atomic E-state index is 13.5. The minimum Gasteiger partial charge on any atom is -0.481 e. The SMILES string of the molecule is O=C(O)C1CCN(Cc2cccc(F)c2F)CC1. The summed E-state index contributed by atoms with van der Waals surface area (Å²) in [7, 11) is 0. The Labute approximate surface area is 104 Å². The Morgan fingerprint density at radius 2 is 2.00 bits per heavy atom. The van der Waals surface area contributed by atoms with E-state index in [0.717, 1.165) is 6.07 Å². The topological polar surface area (TPSA) is 40.5 Å². The smallest absolute Gasteiger partial charge is 0.306 e. The zero-order valence-electron chi connectivity index (χ0n) is 9.90. The van der Waals surface area contributed by atoms with Gasteiger partial charge in [-0.25, -0.2) is 8.78 Å². The predicted octanol–water partition coefficient (Wildman–Crippen LogP) is 2.26. The van der Waals surface area contributed by atoms with Crippen molar-refractivity contribution in [3.05, 3.63) is 35.4 Å². The summed E-state index contributed by atoms with van der Waals surface area (Å²) in [6.45, 7) is 1.54. The normalized spacial score (nSPS) is 17.9. The maximum Gasteiger partial charge on any atom is 0.306 e. The fourth-order valence-electron chi connectivity index (χ4n) is 2.25. The number of hydrogen-bond donors (Lipinski definition) is 1. The number of carboxylic acid groups (broad SMARTS) is 1. The van der Waals surface area contributed by atoms with E-state index in [1.807, 2.05) is 4.90 Å². The number of rotatable bonds is 3. The first-order chi connectivity index (χ1) is 8.58. The molecule has 1 N–H and O–H groups in total. The molecule has 0 aromatic heterocycles. The van der Waals surface area contributed by atoms with Gasteiger partial charge in [-0.2, -0.15) is 0 Å². The molecule has 0 unspecified atom stereocenters. The number of likely N-dealkylation sites (tertiary alicyclic amines) is 1. The Bertz CT molecular complexity index is 443. The van der Waals surface area contributed by atoms with Gasteiger partial charge < -0.3 is 5.11 Å². The van der Waals surface area contributed by atoms with Crippen LogP contribution in [0.4, 0.5) is 8.78 Å². The molecule has 1 heterocycles. The number of nitrogens with zero attached hydrogens (tertiary/aromatic N) is 1. The van der Waals surface area contributed by atoms with Crippen molar-refractivity contribution >= 4 is 5.97 Å². The molecule has 1 fully saturated rings. The lowest BCUT2D eigenvalue weighted by atomic mass is 9.97. The summed E-state index contributed by atoms with van der Waals surface area (Å²) in [5.74, 6) is -2.73. The molecule has 0 spiro atoms. The van der Waals surface area contributed by atoms with Crippen LogP contribution < -0.4 is 0 Å². The third-order valence-corrected chi connectivity index (χ3v) is 3.36. The molecule has 0 aliphatic carbocycles. The summed E-state index contributed by atoms with van der Waals surface area (Å²) in [6.07, 6.45) is 1.12. The second-order valence-corrected chi connectivity index (χ2v) is 4.60. The summed E-state index contributed by atoms with van der Waals surface area (Å²) in [5, 5.41) is 8.87. The van der Waals surface area contributed by atoms with Gasteiger partial charge in [0.25, 0.3) is 0 Å². The van der Waals surface area contributed by atoms with Crippen molar-refractivity contribution in [2.45, 2.75) is 19.4 Å². The highest BCUT2D eigenvalue weighted by molar-refractivity contribution is 5.70. The Morgan fingerprint density at radius 3 is 2.61 bits per heavy atom. The van der Waals surface area contributed by atoms with Gasteiger partial charge in [0.15, 0.2) is 11.6 Å².